The maximum atomic E-state index is 6.17. The highest BCUT2D eigenvalue weighted by atomic mass is 35.5. The number of hydrogen-bond acceptors (Lipinski definition) is 3. The van der Waals surface area contributed by atoms with Gasteiger partial charge in [0.05, 0.1) is 0 Å². The molecule has 0 bridgehead atoms. The van der Waals surface area contributed by atoms with E-state index in [2.05, 4.69) is 21.5 Å². The summed E-state index contributed by atoms with van der Waals surface area (Å²) in [6.45, 7) is 2.00. The number of rotatable bonds is 4. The van der Waals surface area contributed by atoms with Gasteiger partial charge in [0.1, 0.15) is 12.2 Å². The van der Waals surface area contributed by atoms with Gasteiger partial charge in [0, 0.05) is 24.5 Å². The van der Waals surface area contributed by atoms with Gasteiger partial charge in [-0.2, -0.15) is 5.10 Å². The zero-order valence-electron chi connectivity index (χ0n) is 10.8. The lowest BCUT2D eigenvalue weighted by atomic mass is 10.0. The molecule has 0 aliphatic rings. The predicted octanol–water partition coefficient (Wildman–Crippen LogP) is 2.28. The molecule has 4 nitrogen and oxygen atoms in total. The third kappa shape index (κ3) is 2.71. The second-order valence-corrected chi connectivity index (χ2v) is 4.76. The van der Waals surface area contributed by atoms with Crippen molar-refractivity contribution in [1.82, 2.24) is 20.1 Å². The quantitative estimate of drug-likeness (QED) is 0.921. The fourth-order valence-electron chi connectivity index (χ4n) is 1.90. The van der Waals surface area contributed by atoms with E-state index in [1.165, 1.54) is 0 Å². The molecule has 2 aromatic rings. The average Bonchev–Trinajstić information content (AvgIpc) is 2.75. The number of aryl methyl sites for hydroxylation is 2. The molecule has 1 unspecified atom stereocenters. The lowest BCUT2D eigenvalue weighted by molar-refractivity contribution is 0.553. The number of hydrogen-bond donors (Lipinski definition) is 1. The van der Waals surface area contributed by atoms with E-state index in [1.807, 2.05) is 33.2 Å². The molecule has 0 aliphatic carbocycles. The number of likely N-dealkylation sites (N-methyl/N-ethyl adjacent to an activating group) is 1. The molecule has 1 atom stereocenters. The van der Waals surface area contributed by atoms with Crippen molar-refractivity contribution < 1.29 is 0 Å². The van der Waals surface area contributed by atoms with Crippen LogP contribution in [0.5, 0.6) is 0 Å². The average molecular weight is 265 g/mol. The summed E-state index contributed by atoms with van der Waals surface area (Å²) in [5.74, 6) is 0.950. The predicted molar refractivity (Wildman–Crippen MR) is 72.7 cm³/mol. The van der Waals surface area contributed by atoms with Crippen LogP contribution in [0.4, 0.5) is 0 Å². The van der Waals surface area contributed by atoms with Crippen LogP contribution in [0.3, 0.4) is 0 Å². The van der Waals surface area contributed by atoms with Crippen molar-refractivity contribution in [2.75, 3.05) is 7.05 Å². The van der Waals surface area contributed by atoms with E-state index in [0.29, 0.717) is 0 Å². The summed E-state index contributed by atoms with van der Waals surface area (Å²) in [6, 6.07) is 6.33. The van der Waals surface area contributed by atoms with Gasteiger partial charge < -0.3 is 5.32 Å². The van der Waals surface area contributed by atoms with Gasteiger partial charge in [0.15, 0.2) is 0 Å². The lowest BCUT2D eigenvalue weighted by Crippen LogP contribution is -2.20. The molecule has 0 radical (unpaired) electrons. The number of nitrogens with one attached hydrogen (secondary N) is 1. The van der Waals surface area contributed by atoms with E-state index in [4.69, 9.17) is 11.6 Å². The molecule has 1 aromatic carbocycles. The Kier molecular flexibility index (Phi) is 3.99. The van der Waals surface area contributed by atoms with Crippen LogP contribution in [-0.2, 0) is 13.5 Å². The van der Waals surface area contributed by atoms with Crippen LogP contribution < -0.4 is 5.32 Å². The van der Waals surface area contributed by atoms with E-state index in [-0.39, 0.29) is 6.04 Å². The normalized spacial score (nSPS) is 12.7. The smallest absolute Gasteiger partial charge is 0.138 e. The van der Waals surface area contributed by atoms with Crippen LogP contribution in [0.1, 0.15) is 23.0 Å². The summed E-state index contributed by atoms with van der Waals surface area (Å²) in [6.07, 6.45) is 2.36. The third-order valence-electron chi connectivity index (χ3n) is 3.14. The SMILES string of the molecule is CNC(Cc1ncnn1C)c1ccc(C)c(Cl)c1. The van der Waals surface area contributed by atoms with E-state index in [9.17, 15) is 0 Å². The molecular weight excluding hydrogens is 248 g/mol. The number of nitrogens with zero attached hydrogens (tertiary/aromatic N) is 3. The number of halogens is 1. The Labute approximate surface area is 112 Å². The summed E-state index contributed by atoms with van der Waals surface area (Å²) in [5.41, 5.74) is 2.25. The third-order valence-corrected chi connectivity index (χ3v) is 3.55. The van der Waals surface area contributed by atoms with Crippen LogP contribution in [-0.4, -0.2) is 21.8 Å². The van der Waals surface area contributed by atoms with Crippen molar-refractivity contribution in [3.05, 3.63) is 46.5 Å². The Bertz CT molecular complexity index is 536. The highest BCUT2D eigenvalue weighted by Gasteiger charge is 2.14. The first kappa shape index (κ1) is 13.1. The summed E-state index contributed by atoms with van der Waals surface area (Å²) in [5, 5.41) is 8.17. The molecule has 0 saturated carbocycles. The van der Waals surface area contributed by atoms with Crippen LogP contribution in [0, 0.1) is 6.92 Å². The zero-order valence-corrected chi connectivity index (χ0v) is 11.6. The first-order valence-corrected chi connectivity index (χ1v) is 6.25. The Morgan fingerprint density at radius 3 is 2.78 bits per heavy atom. The Morgan fingerprint density at radius 2 is 2.22 bits per heavy atom. The highest BCUT2D eigenvalue weighted by molar-refractivity contribution is 6.31. The Morgan fingerprint density at radius 1 is 1.44 bits per heavy atom. The molecule has 0 fully saturated rings. The fourth-order valence-corrected chi connectivity index (χ4v) is 2.09. The largest absolute Gasteiger partial charge is 0.313 e. The molecule has 1 aromatic heterocycles. The van der Waals surface area contributed by atoms with Crippen LogP contribution >= 0.6 is 11.6 Å². The lowest BCUT2D eigenvalue weighted by Gasteiger charge is -2.16. The minimum atomic E-state index is 0.186. The number of benzene rings is 1. The number of aromatic nitrogens is 3. The van der Waals surface area contributed by atoms with Gasteiger partial charge in [-0.3, -0.25) is 4.68 Å². The molecule has 0 amide bonds. The highest BCUT2D eigenvalue weighted by Crippen LogP contribution is 2.23. The fraction of sp³-hybridized carbons (Fsp3) is 0.385. The van der Waals surface area contributed by atoms with E-state index >= 15 is 0 Å². The molecule has 18 heavy (non-hydrogen) atoms. The summed E-state index contributed by atoms with van der Waals surface area (Å²) in [4.78, 5) is 4.25. The van der Waals surface area contributed by atoms with Crippen LogP contribution in [0.2, 0.25) is 5.02 Å². The van der Waals surface area contributed by atoms with Gasteiger partial charge in [-0.15, -0.1) is 0 Å². The van der Waals surface area contributed by atoms with Crippen molar-refractivity contribution >= 4 is 11.6 Å². The summed E-state index contributed by atoms with van der Waals surface area (Å²) in [7, 11) is 3.84. The standard InChI is InChI=1S/C13H17ClN4/c1-9-4-5-10(6-11(9)14)12(15-2)7-13-16-8-17-18(13)3/h4-6,8,12,15H,7H2,1-3H3. The Balaban J connectivity index is 2.23. The van der Waals surface area contributed by atoms with E-state index in [1.54, 1.807) is 11.0 Å². The first-order valence-electron chi connectivity index (χ1n) is 5.88. The van der Waals surface area contributed by atoms with E-state index < -0.39 is 0 Å². The summed E-state index contributed by atoms with van der Waals surface area (Å²) >= 11 is 6.17. The molecule has 1 N–H and O–H groups in total. The molecule has 96 valence electrons. The Hall–Kier alpha value is -1.39. The molecular formula is C13H17ClN4. The molecule has 0 saturated heterocycles. The van der Waals surface area contributed by atoms with Gasteiger partial charge >= 0.3 is 0 Å². The summed E-state index contributed by atoms with van der Waals surface area (Å²) < 4.78 is 1.79. The van der Waals surface area contributed by atoms with Gasteiger partial charge in [0.2, 0.25) is 0 Å². The molecule has 2 rings (SSSR count). The van der Waals surface area contributed by atoms with Gasteiger partial charge in [-0.25, -0.2) is 4.98 Å². The van der Waals surface area contributed by atoms with Gasteiger partial charge in [-0.05, 0) is 31.2 Å². The van der Waals surface area contributed by atoms with Crippen LogP contribution in [0.15, 0.2) is 24.5 Å². The second kappa shape index (κ2) is 5.50. The van der Waals surface area contributed by atoms with E-state index in [0.717, 1.165) is 28.4 Å². The van der Waals surface area contributed by atoms with Gasteiger partial charge in [0.25, 0.3) is 0 Å². The topological polar surface area (TPSA) is 42.7 Å². The van der Waals surface area contributed by atoms with Crippen LogP contribution in [0.25, 0.3) is 0 Å². The molecule has 5 heteroatoms. The minimum Gasteiger partial charge on any atom is -0.313 e. The second-order valence-electron chi connectivity index (χ2n) is 4.35. The molecule has 1 heterocycles. The maximum Gasteiger partial charge on any atom is 0.138 e. The first-order chi connectivity index (χ1) is 8.61. The van der Waals surface area contributed by atoms with Crippen molar-refractivity contribution in [2.45, 2.75) is 19.4 Å². The van der Waals surface area contributed by atoms with Crippen molar-refractivity contribution in [3.8, 4) is 0 Å². The monoisotopic (exact) mass is 264 g/mol. The maximum absolute atomic E-state index is 6.17. The van der Waals surface area contributed by atoms with Crippen molar-refractivity contribution in [3.63, 3.8) is 0 Å². The van der Waals surface area contributed by atoms with Gasteiger partial charge in [-0.1, -0.05) is 23.7 Å². The molecule has 0 aliphatic heterocycles. The molecule has 0 spiro atoms. The van der Waals surface area contributed by atoms with Crippen molar-refractivity contribution in [1.29, 1.82) is 0 Å². The zero-order chi connectivity index (χ0) is 13.1. The van der Waals surface area contributed by atoms with Crippen molar-refractivity contribution in [2.24, 2.45) is 7.05 Å². The minimum absolute atomic E-state index is 0.186.